The molecule has 3 rings (SSSR count). The van der Waals surface area contributed by atoms with Crippen molar-refractivity contribution in [3.63, 3.8) is 0 Å². The lowest BCUT2D eigenvalue weighted by Gasteiger charge is -2.31. The fourth-order valence-electron chi connectivity index (χ4n) is 3.96. The van der Waals surface area contributed by atoms with Crippen molar-refractivity contribution < 1.29 is 13.2 Å². The molecule has 2 aromatic carbocycles. The van der Waals surface area contributed by atoms with E-state index in [0.29, 0.717) is 35.0 Å². The summed E-state index contributed by atoms with van der Waals surface area (Å²) in [6, 6.07) is 8.96. The summed E-state index contributed by atoms with van der Waals surface area (Å²) in [5.41, 5.74) is 4.31. The summed E-state index contributed by atoms with van der Waals surface area (Å²) in [6.07, 6.45) is 1.27. The van der Waals surface area contributed by atoms with Crippen molar-refractivity contribution >= 4 is 44.8 Å². The van der Waals surface area contributed by atoms with Gasteiger partial charge in [0.05, 0.1) is 11.7 Å². The van der Waals surface area contributed by atoms with Gasteiger partial charge in [0.25, 0.3) is 0 Å². The fourth-order valence-corrected chi connectivity index (χ4v) is 6.32. The summed E-state index contributed by atoms with van der Waals surface area (Å²) in [5.74, 6) is -0.841. The van der Waals surface area contributed by atoms with E-state index in [1.54, 1.807) is 18.2 Å². The highest BCUT2D eigenvalue weighted by Gasteiger charge is 2.33. The van der Waals surface area contributed by atoms with E-state index < -0.39 is 15.9 Å². The molecule has 0 unspecified atom stereocenters. The molecule has 0 bridgehead atoms. The van der Waals surface area contributed by atoms with Crippen LogP contribution in [0.3, 0.4) is 0 Å². The van der Waals surface area contributed by atoms with Crippen LogP contribution in [0.15, 0.2) is 30.3 Å². The van der Waals surface area contributed by atoms with Crippen LogP contribution in [0.25, 0.3) is 0 Å². The average Bonchev–Trinajstić information content (AvgIpc) is 2.67. The third-order valence-corrected chi connectivity index (χ3v) is 7.94. The molecular weight excluding hydrogens is 443 g/mol. The Kier molecular flexibility index (Phi) is 7.13. The Balaban J connectivity index is 1.74. The number of amides is 1. The molecule has 1 fully saturated rings. The monoisotopic (exact) mass is 468 g/mol. The highest BCUT2D eigenvalue weighted by Crippen LogP contribution is 2.30. The number of aryl methyl sites for hydroxylation is 3. The lowest BCUT2D eigenvalue weighted by molar-refractivity contribution is -0.120. The molecule has 1 heterocycles. The molecule has 0 spiro atoms. The van der Waals surface area contributed by atoms with Crippen LogP contribution in [0.5, 0.6) is 0 Å². The minimum atomic E-state index is -3.66. The van der Waals surface area contributed by atoms with Crippen LogP contribution in [0.1, 0.15) is 35.1 Å². The molecule has 0 saturated carbocycles. The van der Waals surface area contributed by atoms with Crippen LogP contribution in [-0.2, 0) is 20.6 Å². The molecule has 1 aliphatic rings. The first-order valence-corrected chi connectivity index (χ1v) is 12.2. The number of hydrogen-bond donors (Lipinski definition) is 1. The topological polar surface area (TPSA) is 66.5 Å². The summed E-state index contributed by atoms with van der Waals surface area (Å²) >= 11 is 12.3. The van der Waals surface area contributed by atoms with Gasteiger partial charge in [0, 0.05) is 34.4 Å². The third kappa shape index (κ3) is 5.17. The van der Waals surface area contributed by atoms with Gasteiger partial charge in [-0.15, -0.1) is 0 Å². The minimum Gasteiger partial charge on any atom is -0.325 e. The van der Waals surface area contributed by atoms with Gasteiger partial charge in [-0.3, -0.25) is 4.79 Å². The van der Waals surface area contributed by atoms with E-state index in [0.717, 1.165) is 22.4 Å². The van der Waals surface area contributed by atoms with Crippen molar-refractivity contribution in [1.82, 2.24) is 4.31 Å². The lowest BCUT2D eigenvalue weighted by atomic mass is 9.98. The summed E-state index contributed by atoms with van der Waals surface area (Å²) in [4.78, 5) is 12.9. The van der Waals surface area contributed by atoms with Crippen LogP contribution in [0, 0.1) is 26.7 Å². The molecule has 1 aliphatic heterocycles. The number of nitrogens with one attached hydrogen (secondary N) is 1. The van der Waals surface area contributed by atoms with E-state index in [4.69, 9.17) is 23.2 Å². The quantitative estimate of drug-likeness (QED) is 0.663. The zero-order valence-corrected chi connectivity index (χ0v) is 19.7. The van der Waals surface area contributed by atoms with Crippen molar-refractivity contribution in [1.29, 1.82) is 0 Å². The number of carbonyl (C=O) groups is 1. The standard InChI is InChI=1S/C22H26Cl2N2O3S/c1-14-10-15(2)21(16(3)11-14)25-22(27)17-6-5-9-26(12-17)30(28,29)13-18-19(23)7-4-8-20(18)24/h4,7-8,10-11,17H,5-6,9,12-13H2,1-3H3,(H,25,27)/t17-/m1/s1. The van der Waals surface area contributed by atoms with Crippen molar-refractivity contribution in [2.75, 3.05) is 18.4 Å². The molecule has 1 amide bonds. The first-order valence-electron chi connectivity index (χ1n) is 9.88. The van der Waals surface area contributed by atoms with E-state index in [9.17, 15) is 13.2 Å². The Bertz CT molecular complexity index is 1030. The maximum absolute atomic E-state index is 13.0. The van der Waals surface area contributed by atoms with Gasteiger partial charge in [0.1, 0.15) is 0 Å². The van der Waals surface area contributed by atoms with Crippen LogP contribution in [0.4, 0.5) is 5.69 Å². The molecule has 0 radical (unpaired) electrons. The summed E-state index contributed by atoms with van der Waals surface area (Å²) in [5, 5.41) is 3.66. The van der Waals surface area contributed by atoms with E-state index in [1.165, 1.54) is 4.31 Å². The Morgan fingerprint density at radius 1 is 1.13 bits per heavy atom. The van der Waals surface area contributed by atoms with E-state index in [2.05, 4.69) is 5.32 Å². The lowest BCUT2D eigenvalue weighted by Crippen LogP contribution is -2.44. The zero-order chi connectivity index (χ0) is 22.1. The number of hydrogen-bond acceptors (Lipinski definition) is 3. The molecule has 1 saturated heterocycles. The number of benzene rings is 2. The van der Waals surface area contributed by atoms with Crippen LogP contribution >= 0.6 is 23.2 Å². The van der Waals surface area contributed by atoms with Gasteiger partial charge in [0.2, 0.25) is 15.9 Å². The normalized spacial score (nSPS) is 17.7. The Labute approximate surface area is 188 Å². The predicted octanol–water partition coefficient (Wildman–Crippen LogP) is 5.10. The molecule has 0 aromatic heterocycles. The van der Waals surface area contributed by atoms with E-state index in [-0.39, 0.29) is 18.2 Å². The number of rotatable bonds is 5. The van der Waals surface area contributed by atoms with Crippen LogP contribution < -0.4 is 5.32 Å². The molecule has 1 N–H and O–H groups in total. The number of piperidine rings is 1. The van der Waals surface area contributed by atoms with Crippen LogP contribution in [-0.4, -0.2) is 31.7 Å². The van der Waals surface area contributed by atoms with Crippen molar-refractivity contribution in [2.24, 2.45) is 5.92 Å². The highest BCUT2D eigenvalue weighted by atomic mass is 35.5. The van der Waals surface area contributed by atoms with Gasteiger partial charge >= 0.3 is 0 Å². The molecule has 8 heteroatoms. The largest absolute Gasteiger partial charge is 0.325 e. The highest BCUT2D eigenvalue weighted by molar-refractivity contribution is 7.88. The average molecular weight is 469 g/mol. The van der Waals surface area contributed by atoms with Gasteiger partial charge in [0.15, 0.2) is 0 Å². The second kappa shape index (κ2) is 9.27. The van der Waals surface area contributed by atoms with Gasteiger partial charge in [-0.2, -0.15) is 0 Å². The maximum Gasteiger partial charge on any atom is 0.228 e. The number of nitrogens with zero attached hydrogens (tertiary/aromatic N) is 1. The van der Waals surface area contributed by atoms with E-state index >= 15 is 0 Å². The molecule has 30 heavy (non-hydrogen) atoms. The van der Waals surface area contributed by atoms with Crippen molar-refractivity contribution in [3.8, 4) is 0 Å². The second-order valence-electron chi connectivity index (χ2n) is 7.92. The molecule has 2 aromatic rings. The van der Waals surface area contributed by atoms with Gasteiger partial charge in [-0.25, -0.2) is 12.7 Å². The first-order chi connectivity index (χ1) is 14.1. The number of halogens is 2. The molecule has 1 atom stereocenters. The molecule has 5 nitrogen and oxygen atoms in total. The van der Waals surface area contributed by atoms with Gasteiger partial charge in [-0.05, 0) is 56.9 Å². The smallest absolute Gasteiger partial charge is 0.228 e. The fraction of sp³-hybridized carbons (Fsp3) is 0.409. The summed E-state index contributed by atoms with van der Waals surface area (Å²) < 4.78 is 27.4. The maximum atomic E-state index is 13.0. The van der Waals surface area contributed by atoms with Crippen LogP contribution in [0.2, 0.25) is 10.0 Å². The molecular formula is C22H26Cl2N2O3S. The number of carbonyl (C=O) groups excluding carboxylic acids is 1. The number of sulfonamides is 1. The second-order valence-corrected chi connectivity index (χ2v) is 10.7. The van der Waals surface area contributed by atoms with Crippen molar-refractivity contribution in [3.05, 3.63) is 62.6 Å². The minimum absolute atomic E-state index is 0.152. The summed E-state index contributed by atoms with van der Waals surface area (Å²) in [7, 11) is -3.66. The third-order valence-electron chi connectivity index (χ3n) is 5.46. The number of anilines is 1. The Morgan fingerprint density at radius 3 is 2.33 bits per heavy atom. The first kappa shape index (κ1) is 23.1. The zero-order valence-electron chi connectivity index (χ0n) is 17.3. The molecule has 162 valence electrons. The van der Waals surface area contributed by atoms with E-state index in [1.807, 2.05) is 32.9 Å². The van der Waals surface area contributed by atoms with Crippen molar-refractivity contribution in [2.45, 2.75) is 39.4 Å². The Morgan fingerprint density at radius 2 is 1.73 bits per heavy atom. The van der Waals surface area contributed by atoms with Gasteiger partial charge < -0.3 is 5.32 Å². The Hall–Kier alpha value is -1.60. The van der Waals surface area contributed by atoms with Gasteiger partial charge in [-0.1, -0.05) is 47.0 Å². The predicted molar refractivity (Wildman–Crippen MR) is 123 cm³/mol. The molecule has 0 aliphatic carbocycles. The summed E-state index contributed by atoms with van der Waals surface area (Å²) in [6.45, 7) is 6.47. The SMILES string of the molecule is Cc1cc(C)c(NC(=O)[C@@H]2CCCN(S(=O)(=O)Cc3c(Cl)cccc3Cl)C2)c(C)c1.